The van der Waals surface area contributed by atoms with Gasteiger partial charge in [0.05, 0.1) is 10.9 Å². The van der Waals surface area contributed by atoms with Gasteiger partial charge in [-0.1, -0.05) is 12.8 Å². The first-order valence-electron chi connectivity index (χ1n) is 9.50. The van der Waals surface area contributed by atoms with Gasteiger partial charge in [-0.25, -0.2) is 13.4 Å². The van der Waals surface area contributed by atoms with E-state index in [0.717, 1.165) is 31.9 Å². The Hall–Kier alpha value is -2.75. The maximum atomic E-state index is 12.5. The molecule has 1 aromatic carbocycles. The molecule has 0 radical (unpaired) electrons. The number of amidine groups is 1. The van der Waals surface area contributed by atoms with Gasteiger partial charge in [-0.3, -0.25) is 14.5 Å². The lowest BCUT2D eigenvalue weighted by Gasteiger charge is -2.31. The molecule has 9 nitrogen and oxygen atoms in total. The van der Waals surface area contributed by atoms with Crippen LogP contribution in [0.1, 0.15) is 39.0 Å². The average Bonchev–Trinajstić information content (AvgIpc) is 3.15. The van der Waals surface area contributed by atoms with Crippen molar-refractivity contribution in [2.24, 2.45) is 15.7 Å². The summed E-state index contributed by atoms with van der Waals surface area (Å²) < 4.78 is 23.2. The zero-order valence-electron chi connectivity index (χ0n) is 16.5. The van der Waals surface area contributed by atoms with Gasteiger partial charge in [-0.15, -0.1) is 0 Å². The van der Waals surface area contributed by atoms with Crippen LogP contribution in [0.4, 0.5) is 5.69 Å². The Balaban J connectivity index is 1.86. The molecule has 1 aromatic rings. The van der Waals surface area contributed by atoms with E-state index in [4.69, 9.17) is 5.73 Å². The van der Waals surface area contributed by atoms with Gasteiger partial charge in [-0.05, 0) is 44.0 Å². The quantitative estimate of drug-likeness (QED) is 0.712. The SMILES string of the molecule is CC1CC(N(C(=O)C(N)=O)C2CCCC2)=NC(Nc2ccc(S(C)(=O)=O)cc2)=N1. The van der Waals surface area contributed by atoms with Gasteiger partial charge >= 0.3 is 11.8 Å². The van der Waals surface area contributed by atoms with Crippen molar-refractivity contribution in [2.45, 2.75) is 56.0 Å². The van der Waals surface area contributed by atoms with Crippen LogP contribution < -0.4 is 11.1 Å². The summed E-state index contributed by atoms with van der Waals surface area (Å²) in [5, 5.41) is 3.05. The molecule has 1 fully saturated rings. The summed E-state index contributed by atoms with van der Waals surface area (Å²) in [7, 11) is -3.28. The Morgan fingerprint density at radius 3 is 2.34 bits per heavy atom. The second-order valence-corrected chi connectivity index (χ2v) is 9.45. The van der Waals surface area contributed by atoms with E-state index in [1.807, 2.05) is 6.92 Å². The molecular weight excluding hydrogens is 394 g/mol. The van der Waals surface area contributed by atoms with Crippen LogP contribution in [-0.2, 0) is 19.4 Å². The smallest absolute Gasteiger partial charge is 0.317 e. The highest BCUT2D eigenvalue weighted by molar-refractivity contribution is 7.90. The number of primary amides is 1. The lowest BCUT2D eigenvalue weighted by molar-refractivity contribution is -0.142. The lowest BCUT2D eigenvalue weighted by atomic mass is 10.1. The van der Waals surface area contributed by atoms with Crippen molar-refractivity contribution in [3.8, 4) is 0 Å². The van der Waals surface area contributed by atoms with Crippen LogP contribution in [0, 0.1) is 0 Å². The normalized spacial score (nSPS) is 20.0. The first kappa shape index (κ1) is 21.0. The van der Waals surface area contributed by atoms with Crippen LogP contribution in [0.2, 0.25) is 0 Å². The number of carbonyl (C=O) groups is 2. The monoisotopic (exact) mass is 419 g/mol. The number of anilines is 1. The Bertz CT molecular complexity index is 963. The van der Waals surface area contributed by atoms with E-state index < -0.39 is 21.7 Å². The van der Waals surface area contributed by atoms with Crippen LogP contribution in [0.3, 0.4) is 0 Å². The van der Waals surface area contributed by atoms with Crippen molar-refractivity contribution in [3.05, 3.63) is 24.3 Å². The summed E-state index contributed by atoms with van der Waals surface area (Å²) in [6.07, 6.45) is 5.16. The minimum absolute atomic E-state index is 0.0886. The van der Waals surface area contributed by atoms with Gasteiger partial charge in [-0.2, -0.15) is 4.99 Å². The lowest BCUT2D eigenvalue weighted by Crippen LogP contribution is -2.50. The largest absolute Gasteiger partial charge is 0.361 e. The Morgan fingerprint density at radius 1 is 1.17 bits per heavy atom. The molecule has 3 rings (SSSR count). The number of sulfone groups is 1. The van der Waals surface area contributed by atoms with Gasteiger partial charge in [0.1, 0.15) is 5.84 Å². The average molecular weight is 420 g/mol. The van der Waals surface area contributed by atoms with Gasteiger partial charge in [0, 0.05) is 24.4 Å². The highest BCUT2D eigenvalue weighted by atomic mass is 32.2. The molecule has 3 N–H and O–H groups in total. The number of nitrogens with zero attached hydrogens (tertiary/aromatic N) is 3. The molecule has 1 unspecified atom stereocenters. The summed E-state index contributed by atoms with van der Waals surface area (Å²) in [6, 6.07) is 6.00. The Labute approximate surface area is 170 Å². The van der Waals surface area contributed by atoms with Crippen molar-refractivity contribution in [1.29, 1.82) is 0 Å². The first-order valence-corrected chi connectivity index (χ1v) is 11.4. The summed E-state index contributed by atoms with van der Waals surface area (Å²) in [5.74, 6) is -0.980. The minimum atomic E-state index is -3.28. The third-order valence-corrected chi connectivity index (χ3v) is 6.12. The molecule has 1 atom stereocenters. The van der Waals surface area contributed by atoms with Gasteiger partial charge in [0.2, 0.25) is 5.96 Å². The molecule has 156 valence electrons. The van der Waals surface area contributed by atoms with Crippen molar-refractivity contribution < 1.29 is 18.0 Å². The number of carbonyl (C=O) groups excluding carboxylic acids is 2. The molecule has 10 heteroatoms. The zero-order valence-corrected chi connectivity index (χ0v) is 17.3. The standard InChI is InChI=1S/C19H25N5O4S/c1-12-11-16(24(18(26)17(20)25)14-5-3-4-6-14)23-19(21-12)22-13-7-9-15(10-8-13)29(2,27)28/h7-10,12,14H,3-6,11H2,1-2H3,(H2,20,25)(H,21,22). The van der Waals surface area contributed by atoms with E-state index in [1.165, 1.54) is 17.0 Å². The summed E-state index contributed by atoms with van der Waals surface area (Å²) in [6.45, 7) is 1.89. The number of hydrogen-bond acceptors (Lipinski definition) is 7. The zero-order chi connectivity index (χ0) is 21.2. The molecule has 29 heavy (non-hydrogen) atoms. The van der Waals surface area contributed by atoms with E-state index in [9.17, 15) is 18.0 Å². The molecular formula is C19H25N5O4S. The summed E-state index contributed by atoms with van der Waals surface area (Å²) in [5.41, 5.74) is 5.89. The van der Waals surface area contributed by atoms with Crippen molar-refractivity contribution >= 4 is 39.1 Å². The maximum absolute atomic E-state index is 12.5. The van der Waals surface area contributed by atoms with Crippen molar-refractivity contribution in [3.63, 3.8) is 0 Å². The second-order valence-electron chi connectivity index (χ2n) is 7.43. The number of amides is 2. The van der Waals surface area contributed by atoms with Gasteiger partial charge in [0.25, 0.3) is 0 Å². The minimum Gasteiger partial charge on any atom is -0.361 e. The molecule has 0 saturated heterocycles. The first-order chi connectivity index (χ1) is 13.6. The highest BCUT2D eigenvalue weighted by Gasteiger charge is 2.34. The van der Waals surface area contributed by atoms with E-state index in [1.54, 1.807) is 12.1 Å². The fourth-order valence-electron chi connectivity index (χ4n) is 3.62. The number of nitrogens with one attached hydrogen (secondary N) is 1. The predicted octanol–water partition coefficient (Wildman–Crippen LogP) is 1.31. The molecule has 1 aliphatic heterocycles. The van der Waals surface area contributed by atoms with E-state index >= 15 is 0 Å². The second kappa shape index (κ2) is 8.32. The number of nitrogens with two attached hydrogens (primary N) is 1. The molecule has 0 bridgehead atoms. The fraction of sp³-hybridized carbons (Fsp3) is 0.474. The van der Waals surface area contributed by atoms with E-state index in [2.05, 4.69) is 15.3 Å². The summed E-state index contributed by atoms with van der Waals surface area (Å²) >= 11 is 0. The third-order valence-electron chi connectivity index (χ3n) is 4.99. The molecule has 0 aromatic heterocycles. The van der Waals surface area contributed by atoms with Crippen LogP contribution in [0.15, 0.2) is 39.1 Å². The number of guanidine groups is 1. The molecule has 0 spiro atoms. The molecule has 1 aliphatic carbocycles. The topological polar surface area (TPSA) is 134 Å². The Kier molecular flexibility index (Phi) is 6.02. The molecule has 1 saturated carbocycles. The molecule has 1 heterocycles. The maximum Gasteiger partial charge on any atom is 0.317 e. The van der Waals surface area contributed by atoms with Gasteiger partial charge in [0.15, 0.2) is 9.84 Å². The van der Waals surface area contributed by atoms with Crippen molar-refractivity contribution in [1.82, 2.24) is 4.90 Å². The van der Waals surface area contributed by atoms with E-state index in [-0.39, 0.29) is 17.0 Å². The number of benzene rings is 1. The van der Waals surface area contributed by atoms with Crippen molar-refractivity contribution in [2.75, 3.05) is 11.6 Å². The summed E-state index contributed by atoms with van der Waals surface area (Å²) in [4.78, 5) is 34.7. The van der Waals surface area contributed by atoms with Gasteiger partial charge < -0.3 is 11.1 Å². The van der Waals surface area contributed by atoms with Crippen LogP contribution >= 0.6 is 0 Å². The highest BCUT2D eigenvalue weighted by Crippen LogP contribution is 2.26. The van der Waals surface area contributed by atoms with E-state index in [0.29, 0.717) is 23.9 Å². The number of rotatable bonds is 3. The predicted molar refractivity (Wildman–Crippen MR) is 110 cm³/mol. The molecule has 2 aliphatic rings. The fourth-order valence-corrected chi connectivity index (χ4v) is 4.25. The van der Waals surface area contributed by atoms with Crippen LogP contribution in [-0.4, -0.2) is 55.3 Å². The Morgan fingerprint density at radius 2 is 1.79 bits per heavy atom. The third kappa shape index (κ3) is 5.00. The molecule has 2 amide bonds. The number of aliphatic imine (C=N–C) groups is 2. The number of hydrogen-bond donors (Lipinski definition) is 2. The van der Waals surface area contributed by atoms with Crippen LogP contribution in [0.5, 0.6) is 0 Å². The van der Waals surface area contributed by atoms with Crippen LogP contribution in [0.25, 0.3) is 0 Å².